The van der Waals surface area contributed by atoms with E-state index in [2.05, 4.69) is 9.97 Å². The molecule has 1 aromatic rings. The summed E-state index contributed by atoms with van der Waals surface area (Å²) in [5.41, 5.74) is 0.351. The molecular formula is C10H14FN3O. The van der Waals surface area contributed by atoms with Gasteiger partial charge < -0.3 is 10.0 Å². The van der Waals surface area contributed by atoms with Crippen LogP contribution in [-0.2, 0) is 0 Å². The lowest BCUT2D eigenvalue weighted by Gasteiger charge is -2.24. The Morgan fingerprint density at radius 3 is 3.13 bits per heavy atom. The van der Waals surface area contributed by atoms with Crippen LogP contribution in [0.15, 0.2) is 6.33 Å². The lowest BCUT2D eigenvalue weighted by atomic mass is 10.2. The number of anilines is 1. The average Bonchev–Trinajstić information content (AvgIpc) is 2.70. The summed E-state index contributed by atoms with van der Waals surface area (Å²) in [5, 5.41) is 9.15. The summed E-state index contributed by atoms with van der Waals surface area (Å²) in [6.07, 6.45) is 3.22. The Balaban J connectivity index is 2.32. The van der Waals surface area contributed by atoms with E-state index >= 15 is 0 Å². The summed E-state index contributed by atoms with van der Waals surface area (Å²) in [7, 11) is 0. The van der Waals surface area contributed by atoms with Crippen LogP contribution in [0.1, 0.15) is 18.5 Å². The van der Waals surface area contributed by atoms with Crippen molar-refractivity contribution in [1.29, 1.82) is 0 Å². The third kappa shape index (κ3) is 1.79. The number of hydrogen-bond acceptors (Lipinski definition) is 4. The molecule has 0 unspecified atom stereocenters. The maximum Gasteiger partial charge on any atom is 0.186 e. The first-order chi connectivity index (χ1) is 7.24. The Morgan fingerprint density at radius 2 is 2.40 bits per heavy atom. The van der Waals surface area contributed by atoms with Gasteiger partial charge in [0.05, 0.1) is 18.3 Å². The number of aliphatic hydroxyl groups is 1. The molecule has 2 rings (SSSR count). The second-order valence-electron chi connectivity index (χ2n) is 3.77. The Kier molecular flexibility index (Phi) is 2.81. The van der Waals surface area contributed by atoms with Gasteiger partial charge >= 0.3 is 0 Å². The molecule has 15 heavy (non-hydrogen) atoms. The van der Waals surface area contributed by atoms with Crippen LogP contribution in [0.25, 0.3) is 0 Å². The molecule has 1 aromatic heterocycles. The highest BCUT2D eigenvalue weighted by Crippen LogP contribution is 2.26. The minimum absolute atomic E-state index is 0.00574. The van der Waals surface area contributed by atoms with E-state index < -0.39 is 0 Å². The van der Waals surface area contributed by atoms with Gasteiger partial charge in [-0.25, -0.2) is 14.4 Å². The van der Waals surface area contributed by atoms with Crippen molar-refractivity contribution in [2.24, 2.45) is 0 Å². The van der Waals surface area contributed by atoms with Gasteiger partial charge in [0.2, 0.25) is 0 Å². The molecule has 1 atom stereocenters. The van der Waals surface area contributed by atoms with Gasteiger partial charge in [0.25, 0.3) is 0 Å². The van der Waals surface area contributed by atoms with Gasteiger partial charge in [-0.15, -0.1) is 0 Å². The van der Waals surface area contributed by atoms with Crippen LogP contribution in [0, 0.1) is 12.7 Å². The van der Waals surface area contributed by atoms with Crippen molar-refractivity contribution in [2.75, 3.05) is 18.1 Å². The van der Waals surface area contributed by atoms with E-state index in [0.29, 0.717) is 11.5 Å². The molecular weight excluding hydrogens is 197 g/mol. The lowest BCUT2D eigenvalue weighted by Crippen LogP contribution is -2.33. The van der Waals surface area contributed by atoms with Crippen molar-refractivity contribution in [3.8, 4) is 0 Å². The second kappa shape index (κ2) is 4.10. The van der Waals surface area contributed by atoms with Crippen LogP contribution < -0.4 is 4.90 Å². The largest absolute Gasteiger partial charge is 0.394 e. The second-order valence-corrected chi connectivity index (χ2v) is 3.77. The molecule has 0 spiro atoms. The van der Waals surface area contributed by atoms with Gasteiger partial charge in [-0.3, -0.25) is 0 Å². The number of halogens is 1. The average molecular weight is 211 g/mol. The highest BCUT2D eigenvalue weighted by atomic mass is 19.1. The van der Waals surface area contributed by atoms with E-state index in [1.54, 1.807) is 6.92 Å². The topological polar surface area (TPSA) is 49.2 Å². The predicted octanol–water partition coefficient (Wildman–Crippen LogP) is 0.885. The molecule has 1 aliphatic heterocycles. The van der Waals surface area contributed by atoms with Crippen molar-refractivity contribution in [3.05, 3.63) is 17.8 Å². The lowest BCUT2D eigenvalue weighted by molar-refractivity contribution is 0.265. The number of nitrogens with zero attached hydrogens (tertiary/aromatic N) is 3. The zero-order valence-electron chi connectivity index (χ0n) is 8.65. The molecule has 0 aromatic carbocycles. The number of aromatic nitrogens is 2. The van der Waals surface area contributed by atoms with Crippen LogP contribution >= 0.6 is 0 Å². The Labute approximate surface area is 87.8 Å². The van der Waals surface area contributed by atoms with Gasteiger partial charge in [-0.1, -0.05) is 0 Å². The third-order valence-corrected chi connectivity index (χ3v) is 2.81. The molecule has 82 valence electrons. The van der Waals surface area contributed by atoms with Crippen LogP contribution in [-0.4, -0.2) is 34.3 Å². The summed E-state index contributed by atoms with van der Waals surface area (Å²) >= 11 is 0. The van der Waals surface area contributed by atoms with Gasteiger partial charge in [0.15, 0.2) is 11.6 Å². The summed E-state index contributed by atoms with van der Waals surface area (Å²) < 4.78 is 13.7. The first-order valence-electron chi connectivity index (χ1n) is 5.08. The molecule has 0 bridgehead atoms. The number of aryl methyl sites for hydroxylation is 1. The fraction of sp³-hybridized carbons (Fsp3) is 0.600. The van der Waals surface area contributed by atoms with Crippen LogP contribution in [0.5, 0.6) is 0 Å². The van der Waals surface area contributed by atoms with Crippen LogP contribution in [0.4, 0.5) is 10.2 Å². The standard InChI is InChI=1S/C10H14FN3O/c1-7-9(11)10(13-6-12-7)14-4-2-3-8(14)5-15/h6,8,15H,2-5H2,1H3/t8-/m1/s1. The summed E-state index contributed by atoms with van der Waals surface area (Å²) in [4.78, 5) is 9.56. The minimum atomic E-state index is -0.377. The van der Waals surface area contributed by atoms with Gasteiger partial charge in [0.1, 0.15) is 6.33 Å². The molecule has 4 nitrogen and oxygen atoms in total. The van der Waals surface area contributed by atoms with Crippen molar-refractivity contribution in [2.45, 2.75) is 25.8 Å². The van der Waals surface area contributed by atoms with Crippen molar-refractivity contribution >= 4 is 5.82 Å². The molecule has 1 N–H and O–H groups in total. The summed E-state index contributed by atoms with van der Waals surface area (Å²) in [6, 6.07) is -0.00574. The normalized spacial score (nSPS) is 21.0. The van der Waals surface area contributed by atoms with E-state index in [1.165, 1.54) is 6.33 Å². The molecule has 5 heteroatoms. The smallest absolute Gasteiger partial charge is 0.186 e. The van der Waals surface area contributed by atoms with Crippen molar-refractivity contribution in [1.82, 2.24) is 9.97 Å². The number of aliphatic hydroxyl groups excluding tert-OH is 1. The van der Waals surface area contributed by atoms with Gasteiger partial charge in [-0.05, 0) is 19.8 Å². The Hall–Kier alpha value is -1.23. The molecule has 0 aliphatic carbocycles. The maximum atomic E-state index is 13.7. The highest BCUT2D eigenvalue weighted by molar-refractivity contribution is 5.43. The summed E-state index contributed by atoms with van der Waals surface area (Å²) in [6.45, 7) is 2.41. The van der Waals surface area contributed by atoms with Gasteiger partial charge in [-0.2, -0.15) is 0 Å². The first kappa shape index (κ1) is 10.3. The van der Waals surface area contributed by atoms with E-state index in [4.69, 9.17) is 5.11 Å². The third-order valence-electron chi connectivity index (χ3n) is 2.81. The maximum absolute atomic E-state index is 13.7. The van der Waals surface area contributed by atoms with E-state index in [0.717, 1.165) is 19.4 Å². The SMILES string of the molecule is Cc1ncnc(N2CCC[C@@H]2CO)c1F. The van der Waals surface area contributed by atoms with Gasteiger partial charge in [0, 0.05) is 6.54 Å². The number of hydrogen-bond donors (Lipinski definition) is 1. The first-order valence-corrected chi connectivity index (χ1v) is 5.08. The monoisotopic (exact) mass is 211 g/mol. The Morgan fingerprint density at radius 1 is 1.60 bits per heavy atom. The fourth-order valence-corrected chi connectivity index (χ4v) is 1.95. The fourth-order valence-electron chi connectivity index (χ4n) is 1.95. The van der Waals surface area contributed by atoms with Crippen LogP contribution in [0.3, 0.4) is 0 Å². The molecule has 2 heterocycles. The molecule has 1 saturated heterocycles. The number of rotatable bonds is 2. The summed E-state index contributed by atoms with van der Waals surface area (Å²) in [5.74, 6) is -0.0584. The van der Waals surface area contributed by atoms with Crippen molar-refractivity contribution in [3.63, 3.8) is 0 Å². The minimum Gasteiger partial charge on any atom is -0.394 e. The molecule has 1 fully saturated rings. The van der Waals surface area contributed by atoms with E-state index in [1.807, 2.05) is 4.90 Å². The van der Waals surface area contributed by atoms with Crippen molar-refractivity contribution < 1.29 is 9.50 Å². The molecule has 0 amide bonds. The molecule has 1 aliphatic rings. The quantitative estimate of drug-likeness (QED) is 0.789. The molecule has 0 saturated carbocycles. The molecule has 0 radical (unpaired) electrons. The predicted molar refractivity (Wildman–Crippen MR) is 54.2 cm³/mol. The zero-order valence-corrected chi connectivity index (χ0v) is 8.65. The Bertz CT molecular complexity index is 359. The van der Waals surface area contributed by atoms with E-state index in [-0.39, 0.29) is 18.5 Å². The zero-order chi connectivity index (χ0) is 10.8. The highest BCUT2D eigenvalue weighted by Gasteiger charge is 2.27. The van der Waals surface area contributed by atoms with E-state index in [9.17, 15) is 4.39 Å². The van der Waals surface area contributed by atoms with Crippen LogP contribution in [0.2, 0.25) is 0 Å².